The lowest BCUT2D eigenvalue weighted by Gasteiger charge is -2.14. The van der Waals surface area contributed by atoms with Crippen molar-refractivity contribution in [1.29, 1.82) is 0 Å². The van der Waals surface area contributed by atoms with E-state index in [2.05, 4.69) is 15.0 Å². The van der Waals surface area contributed by atoms with Crippen molar-refractivity contribution in [2.24, 2.45) is 0 Å². The van der Waals surface area contributed by atoms with Gasteiger partial charge in [0.05, 0.1) is 29.5 Å². The third-order valence-electron chi connectivity index (χ3n) is 4.65. The Balaban J connectivity index is 1.63. The Morgan fingerprint density at radius 2 is 2.17 bits per heavy atom. The largest absolute Gasteiger partial charge is 0.471 e. The first-order valence-electron chi connectivity index (χ1n) is 8.77. The summed E-state index contributed by atoms with van der Waals surface area (Å²) in [7, 11) is 0. The van der Waals surface area contributed by atoms with Gasteiger partial charge in [-0.05, 0) is 6.07 Å². The number of aliphatic hydroxyl groups is 2. The predicted molar refractivity (Wildman–Crippen MR) is 98.8 cm³/mol. The molecule has 0 aliphatic carbocycles. The molecule has 1 fully saturated rings. The quantitative estimate of drug-likeness (QED) is 0.390. The number of aromatic nitrogens is 4. The second-order valence-electron chi connectivity index (χ2n) is 6.50. The van der Waals surface area contributed by atoms with Crippen molar-refractivity contribution < 1.29 is 24.6 Å². The van der Waals surface area contributed by atoms with Crippen molar-refractivity contribution in [1.82, 2.24) is 19.5 Å². The molecule has 12 nitrogen and oxygen atoms in total. The first-order chi connectivity index (χ1) is 14.0. The molecule has 2 aromatic heterocycles. The minimum absolute atomic E-state index is 0.0697. The number of anilines is 1. The second-order valence-corrected chi connectivity index (χ2v) is 6.50. The number of hydrogen-bond acceptors (Lipinski definition) is 10. The molecule has 0 bridgehead atoms. The Morgan fingerprint density at radius 3 is 2.90 bits per heavy atom. The third kappa shape index (κ3) is 3.55. The summed E-state index contributed by atoms with van der Waals surface area (Å²) in [5.74, 6) is -0.00396. The number of imidazole rings is 1. The van der Waals surface area contributed by atoms with Crippen molar-refractivity contribution in [3.05, 3.63) is 46.3 Å². The van der Waals surface area contributed by atoms with Gasteiger partial charge < -0.3 is 25.4 Å². The highest BCUT2D eigenvalue weighted by Gasteiger charge is 2.35. The first-order valence-corrected chi connectivity index (χ1v) is 8.77. The summed E-state index contributed by atoms with van der Waals surface area (Å²) in [5, 5.41) is 30.4. The van der Waals surface area contributed by atoms with E-state index in [4.69, 9.17) is 15.2 Å². The van der Waals surface area contributed by atoms with Gasteiger partial charge in [-0.1, -0.05) is 12.1 Å². The zero-order valence-electron chi connectivity index (χ0n) is 15.1. The molecule has 3 atom stereocenters. The zero-order chi connectivity index (χ0) is 20.5. The smallest absolute Gasteiger partial charge is 0.276 e. The molecule has 1 saturated heterocycles. The maximum absolute atomic E-state index is 11.2. The molecular weight excluding hydrogens is 384 g/mol. The SMILES string of the molecule is Nc1nc(OCc2ccccc2[N+](=O)[O-])c2ncn([C@H]3CC(O)[C@@H](CO)O3)c2n1. The fourth-order valence-corrected chi connectivity index (χ4v) is 3.23. The summed E-state index contributed by atoms with van der Waals surface area (Å²) in [4.78, 5) is 23.1. The number of aliphatic hydroxyl groups excluding tert-OH is 2. The molecule has 0 amide bonds. The summed E-state index contributed by atoms with van der Waals surface area (Å²) >= 11 is 0. The standard InChI is InChI=1S/C17H18N6O6/c18-17-20-15-14(19-8-22(15)13-5-11(25)12(6-24)29-13)16(21-17)28-7-9-3-1-2-4-10(9)23(26)27/h1-4,8,11-13,24-25H,5-7H2,(H2,18,20,21)/t11?,12-,13-/m1/s1. The molecule has 0 saturated carbocycles. The third-order valence-corrected chi connectivity index (χ3v) is 4.65. The Morgan fingerprint density at radius 1 is 1.38 bits per heavy atom. The average molecular weight is 402 g/mol. The van der Waals surface area contributed by atoms with Crippen LogP contribution in [0.3, 0.4) is 0 Å². The van der Waals surface area contributed by atoms with Crippen LogP contribution in [0, 0.1) is 10.1 Å². The van der Waals surface area contributed by atoms with E-state index in [0.29, 0.717) is 16.7 Å². The van der Waals surface area contributed by atoms with Gasteiger partial charge in [-0.3, -0.25) is 14.7 Å². The monoisotopic (exact) mass is 402 g/mol. The fourth-order valence-electron chi connectivity index (χ4n) is 3.23. The second kappa shape index (κ2) is 7.58. The summed E-state index contributed by atoms with van der Waals surface area (Å²) in [6, 6.07) is 6.21. The van der Waals surface area contributed by atoms with Gasteiger partial charge in [0.15, 0.2) is 11.2 Å². The lowest BCUT2D eigenvalue weighted by molar-refractivity contribution is -0.385. The Bertz CT molecular complexity index is 1060. The van der Waals surface area contributed by atoms with Crippen LogP contribution < -0.4 is 10.5 Å². The van der Waals surface area contributed by atoms with Crippen LogP contribution in [0.15, 0.2) is 30.6 Å². The van der Waals surface area contributed by atoms with E-state index in [9.17, 15) is 20.3 Å². The molecule has 1 aliphatic rings. The van der Waals surface area contributed by atoms with Crippen molar-refractivity contribution >= 4 is 22.8 Å². The number of benzene rings is 1. The van der Waals surface area contributed by atoms with Crippen LogP contribution in [-0.4, -0.2) is 53.5 Å². The zero-order valence-corrected chi connectivity index (χ0v) is 15.1. The first kappa shape index (κ1) is 19.0. The molecule has 1 unspecified atom stereocenters. The molecule has 4 rings (SSSR count). The number of hydrogen-bond donors (Lipinski definition) is 3. The molecule has 0 spiro atoms. The normalized spacial score (nSPS) is 21.5. The van der Waals surface area contributed by atoms with Gasteiger partial charge in [0, 0.05) is 12.5 Å². The number of nitro benzene ring substituents is 1. The molecule has 3 aromatic rings. The van der Waals surface area contributed by atoms with E-state index < -0.39 is 23.4 Å². The number of ether oxygens (including phenoxy) is 2. The average Bonchev–Trinajstić information content (AvgIpc) is 3.29. The fraction of sp³-hybridized carbons (Fsp3) is 0.353. The number of rotatable bonds is 6. The molecule has 4 N–H and O–H groups in total. The summed E-state index contributed by atoms with van der Waals surface area (Å²) < 4.78 is 12.9. The van der Waals surface area contributed by atoms with Gasteiger partial charge >= 0.3 is 0 Å². The van der Waals surface area contributed by atoms with Crippen LogP contribution in [-0.2, 0) is 11.3 Å². The Hall–Kier alpha value is -3.35. The number of nitrogen functional groups attached to an aromatic ring is 1. The van der Waals surface area contributed by atoms with E-state index in [-0.39, 0.29) is 37.2 Å². The van der Waals surface area contributed by atoms with Crippen LogP contribution in [0.25, 0.3) is 11.2 Å². The van der Waals surface area contributed by atoms with E-state index in [1.165, 1.54) is 12.4 Å². The van der Waals surface area contributed by atoms with Gasteiger partial charge in [0.1, 0.15) is 18.9 Å². The topological polar surface area (TPSA) is 172 Å². The molecule has 152 valence electrons. The van der Waals surface area contributed by atoms with Gasteiger partial charge in [-0.25, -0.2) is 4.98 Å². The van der Waals surface area contributed by atoms with Crippen LogP contribution in [0.2, 0.25) is 0 Å². The molecule has 1 aliphatic heterocycles. The highest BCUT2D eigenvalue weighted by atomic mass is 16.6. The summed E-state index contributed by atoms with van der Waals surface area (Å²) in [6.45, 7) is -0.424. The van der Waals surface area contributed by atoms with E-state index in [1.807, 2.05) is 0 Å². The van der Waals surface area contributed by atoms with Gasteiger partial charge in [0.2, 0.25) is 11.8 Å². The van der Waals surface area contributed by atoms with Crippen LogP contribution in [0.1, 0.15) is 18.2 Å². The number of fused-ring (bicyclic) bond motifs is 1. The summed E-state index contributed by atoms with van der Waals surface area (Å²) in [5.41, 5.74) is 6.72. The highest BCUT2D eigenvalue weighted by molar-refractivity contribution is 5.77. The van der Waals surface area contributed by atoms with Gasteiger partial charge in [-0.15, -0.1) is 0 Å². The van der Waals surface area contributed by atoms with Crippen molar-refractivity contribution in [2.45, 2.75) is 31.5 Å². The number of nitro groups is 1. The minimum atomic E-state index is -0.823. The summed E-state index contributed by atoms with van der Waals surface area (Å²) in [6.07, 6.45) is -0.424. The number of nitrogens with two attached hydrogens (primary N) is 1. The predicted octanol–water partition coefficient (Wildman–Crippen LogP) is 0.536. The van der Waals surface area contributed by atoms with Crippen LogP contribution >= 0.6 is 0 Å². The maximum Gasteiger partial charge on any atom is 0.276 e. The number of nitrogens with zero attached hydrogens (tertiary/aromatic N) is 5. The Labute approximate surface area is 163 Å². The Kier molecular flexibility index (Phi) is 4.96. The molecule has 1 aromatic carbocycles. The molecule has 29 heavy (non-hydrogen) atoms. The minimum Gasteiger partial charge on any atom is -0.471 e. The molecule has 0 radical (unpaired) electrons. The van der Waals surface area contributed by atoms with E-state index in [0.717, 1.165) is 0 Å². The van der Waals surface area contributed by atoms with E-state index in [1.54, 1.807) is 22.8 Å². The van der Waals surface area contributed by atoms with Crippen LogP contribution in [0.4, 0.5) is 11.6 Å². The van der Waals surface area contributed by atoms with Crippen molar-refractivity contribution in [3.8, 4) is 5.88 Å². The van der Waals surface area contributed by atoms with Gasteiger partial charge in [-0.2, -0.15) is 9.97 Å². The molecule has 12 heteroatoms. The van der Waals surface area contributed by atoms with Crippen molar-refractivity contribution in [3.63, 3.8) is 0 Å². The van der Waals surface area contributed by atoms with E-state index >= 15 is 0 Å². The van der Waals surface area contributed by atoms with Crippen molar-refractivity contribution in [2.75, 3.05) is 12.3 Å². The lowest BCUT2D eigenvalue weighted by atomic mass is 10.2. The molecule has 3 heterocycles. The lowest BCUT2D eigenvalue weighted by Crippen LogP contribution is -2.24. The maximum atomic E-state index is 11.2. The highest BCUT2D eigenvalue weighted by Crippen LogP contribution is 2.33. The number of para-hydroxylation sites is 1. The van der Waals surface area contributed by atoms with Crippen LogP contribution in [0.5, 0.6) is 5.88 Å². The molecular formula is C17H18N6O6. The van der Waals surface area contributed by atoms with Gasteiger partial charge in [0.25, 0.3) is 5.69 Å².